The van der Waals surface area contributed by atoms with Crippen LogP contribution < -0.4 is 0 Å². The summed E-state index contributed by atoms with van der Waals surface area (Å²) in [5.74, 6) is -0.753. The topological polar surface area (TPSA) is 58.4 Å². The molecule has 0 fully saturated rings. The van der Waals surface area contributed by atoms with E-state index in [2.05, 4.69) is 16.5 Å². The molecule has 5 heteroatoms. The molecule has 0 aliphatic heterocycles. The van der Waals surface area contributed by atoms with E-state index in [4.69, 9.17) is 5.11 Å². The summed E-state index contributed by atoms with van der Waals surface area (Å²) < 4.78 is 2.02. The Hall–Kier alpha value is -1.62. The van der Waals surface area contributed by atoms with Crippen molar-refractivity contribution in [3.63, 3.8) is 0 Å². The molecule has 0 aliphatic rings. The van der Waals surface area contributed by atoms with Crippen LogP contribution in [0.2, 0.25) is 0 Å². The third-order valence-corrected chi connectivity index (χ3v) is 2.59. The normalized spacial score (nSPS) is 10.8. The average molecular weight is 251 g/mol. The number of aryl methyl sites for hydroxylation is 1. The van der Waals surface area contributed by atoms with Gasteiger partial charge in [-0.25, -0.2) is 4.98 Å². The number of carbonyl (C=O) groups is 1. The van der Waals surface area contributed by atoms with Gasteiger partial charge in [-0.15, -0.1) is 0 Å². The van der Waals surface area contributed by atoms with Crippen LogP contribution in [0.3, 0.4) is 0 Å². The maximum Gasteiger partial charge on any atom is 0.304 e. The second kappa shape index (κ2) is 7.66. The quantitative estimate of drug-likeness (QED) is 0.678. The third-order valence-electron chi connectivity index (χ3n) is 2.59. The first-order chi connectivity index (χ1) is 8.58. The Kier molecular flexibility index (Phi) is 6.14. The Labute approximate surface area is 108 Å². The van der Waals surface area contributed by atoms with Crippen LogP contribution in [0.25, 0.3) is 0 Å². The van der Waals surface area contributed by atoms with Gasteiger partial charge in [-0.05, 0) is 13.3 Å². The molecule has 0 radical (unpaired) electrons. The van der Waals surface area contributed by atoms with Gasteiger partial charge in [0.25, 0.3) is 0 Å². The van der Waals surface area contributed by atoms with E-state index < -0.39 is 5.97 Å². The summed E-state index contributed by atoms with van der Waals surface area (Å²) in [5, 5.41) is 8.71. The lowest BCUT2D eigenvalue weighted by atomic mass is 10.2. The molecule has 0 bridgehead atoms. The molecular weight excluding hydrogens is 230 g/mol. The predicted octanol–water partition coefficient (Wildman–Crippen LogP) is 1.63. The highest BCUT2D eigenvalue weighted by molar-refractivity contribution is 5.66. The first kappa shape index (κ1) is 14.4. The Morgan fingerprint density at radius 3 is 2.83 bits per heavy atom. The fourth-order valence-corrected chi connectivity index (χ4v) is 1.80. The Morgan fingerprint density at radius 2 is 2.28 bits per heavy atom. The molecule has 0 saturated carbocycles. The highest BCUT2D eigenvalue weighted by Crippen LogP contribution is 2.01. The SMILES string of the molecule is C=C(C)CN(CCCn1ccnc1)CCC(=O)O. The van der Waals surface area contributed by atoms with Crippen molar-refractivity contribution in [3.05, 3.63) is 30.9 Å². The van der Waals surface area contributed by atoms with Gasteiger partial charge < -0.3 is 9.67 Å². The highest BCUT2D eigenvalue weighted by Gasteiger charge is 2.07. The average Bonchev–Trinajstić information content (AvgIpc) is 2.77. The number of carboxylic acids is 1. The molecule has 0 unspecified atom stereocenters. The minimum Gasteiger partial charge on any atom is -0.481 e. The molecular formula is C13H21N3O2. The van der Waals surface area contributed by atoms with Gasteiger partial charge in [-0.2, -0.15) is 0 Å². The van der Waals surface area contributed by atoms with Gasteiger partial charge in [0.05, 0.1) is 12.7 Å². The van der Waals surface area contributed by atoms with E-state index in [9.17, 15) is 4.79 Å². The van der Waals surface area contributed by atoms with E-state index in [1.54, 1.807) is 12.5 Å². The third kappa shape index (κ3) is 6.20. The molecule has 1 heterocycles. The van der Waals surface area contributed by atoms with Crippen molar-refractivity contribution in [1.29, 1.82) is 0 Å². The van der Waals surface area contributed by atoms with E-state index in [0.29, 0.717) is 6.54 Å². The maximum atomic E-state index is 10.6. The van der Waals surface area contributed by atoms with E-state index in [1.807, 2.05) is 17.7 Å². The van der Waals surface area contributed by atoms with Gasteiger partial charge in [-0.1, -0.05) is 12.2 Å². The number of aromatic nitrogens is 2. The number of aliphatic carboxylic acids is 1. The number of hydrogen-bond donors (Lipinski definition) is 1. The number of rotatable bonds is 9. The molecule has 0 atom stereocenters. The van der Waals surface area contributed by atoms with Crippen LogP contribution in [0.5, 0.6) is 0 Å². The van der Waals surface area contributed by atoms with Crippen LogP contribution in [0.15, 0.2) is 30.9 Å². The van der Waals surface area contributed by atoms with Crippen LogP contribution in [-0.2, 0) is 11.3 Å². The lowest BCUT2D eigenvalue weighted by Gasteiger charge is -2.21. The van der Waals surface area contributed by atoms with Gasteiger partial charge in [0.2, 0.25) is 0 Å². The molecule has 0 saturated heterocycles. The summed E-state index contributed by atoms with van der Waals surface area (Å²) in [7, 11) is 0. The van der Waals surface area contributed by atoms with Crippen LogP contribution in [0.1, 0.15) is 19.8 Å². The number of hydrogen-bond acceptors (Lipinski definition) is 3. The zero-order chi connectivity index (χ0) is 13.4. The van der Waals surface area contributed by atoms with Crippen molar-refractivity contribution < 1.29 is 9.90 Å². The molecule has 100 valence electrons. The van der Waals surface area contributed by atoms with Gasteiger partial charge in [-0.3, -0.25) is 9.69 Å². The van der Waals surface area contributed by atoms with Crippen molar-refractivity contribution in [2.24, 2.45) is 0 Å². The summed E-state index contributed by atoms with van der Waals surface area (Å²) in [4.78, 5) is 16.7. The zero-order valence-corrected chi connectivity index (χ0v) is 10.9. The second-order valence-corrected chi connectivity index (χ2v) is 4.53. The van der Waals surface area contributed by atoms with Crippen molar-refractivity contribution >= 4 is 5.97 Å². The monoisotopic (exact) mass is 251 g/mol. The second-order valence-electron chi connectivity index (χ2n) is 4.53. The molecule has 1 N–H and O–H groups in total. The molecule has 1 aromatic heterocycles. The Bertz CT molecular complexity index is 374. The van der Waals surface area contributed by atoms with Crippen molar-refractivity contribution in [3.8, 4) is 0 Å². The molecule has 0 aromatic carbocycles. The largest absolute Gasteiger partial charge is 0.481 e. The fourth-order valence-electron chi connectivity index (χ4n) is 1.80. The summed E-state index contributed by atoms with van der Waals surface area (Å²) in [6.45, 7) is 8.95. The molecule has 1 aromatic rings. The summed E-state index contributed by atoms with van der Waals surface area (Å²) >= 11 is 0. The fraction of sp³-hybridized carbons (Fsp3) is 0.538. The zero-order valence-electron chi connectivity index (χ0n) is 10.9. The minimum absolute atomic E-state index is 0.179. The van der Waals surface area contributed by atoms with E-state index >= 15 is 0 Å². The van der Waals surface area contributed by atoms with Gasteiger partial charge >= 0.3 is 5.97 Å². The van der Waals surface area contributed by atoms with Gasteiger partial charge in [0.15, 0.2) is 0 Å². The van der Waals surface area contributed by atoms with E-state index in [-0.39, 0.29) is 6.42 Å². The first-order valence-corrected chi connectivity index (χ1v) is 6.12. The van der Waals surface area contributed by atoms with Crippen LogP contribution in [-0.4, -0.2) is 45.2 Å². The Balaban J connectivity index is 2.30. The maximum absolute atomic E-state index is 10.6. The number of imidazole rings is 1. The van der Waals surface area contributed by atoms with Crippen LogP contribution in [0, 0.1) is 0 Å². The van der Waals surface area contributed by atoms with E-state index in [1.165, 1.54) is 0 Å². The smallest absolute Gasteiger partial charge is 0.304 e. The number of carboxylic acid groups (broad SMARTS) is 1. The lowest BCUT2D eigenvalue weighted by molar-refractivity contribution is -0.137. The molecule has 5 nitrogen and oxygen atoms in total. The predicted molar refractivity (Wildman–Crippen MR) is 70.4 cm³/mol. The van der Waals surface area contributed by atoms with Gasteiger partial charge in [0.1, 0.15) is 0 Å². The van der Waals surface area contributed by atoms with Crippen LogP contribution in [0.4, 0.5) is 0 Å². The lowest BCUT2D eigenvalue weighted by Crippen LogP contribution is -2.29. The van der Waals surface area contributed by atoms with Crippen molar-refractivity contribution in [2.75, 3.05) is 19.6 Å². The highest BCUT2D eigenvalue weighted by atomic mass is 16.4. The molecule has 18 heavy (non-hydrogen) atoms. The summed E-state index contributed by atoms with van der Waals surface area (Å²) in [5.41, 5.74) is 1.06. The minimum atomic E-state index is -0.753. The summed E-state index contributed by atoms with van der Waals surface area (Å²) in [6.07, 6.45) is 6.64. The van der Waals surface area contributed by atoms with Crippen molar-refractivity contribution in [2.45, 2.75) is 26.3 Å². The molecule has 1 rings (SSSR count). The summed E-state index contributed by atoms with van der Waals surface area (Å²) in [6, 6.07) is 0. The van der Waals surface area contributed by atoms with Crippen molar-refractivity contribution in [1.82, 2.24) is 14.5 Å². The van der Waals surface area contributed by atoms with Gasteiger partial charge in [0, 0.05) is 38.6 Å². The standard InChI is InChI=1S/C13H21N3O2/c1-12(2)10-15(8-4-13(17)18)6-3-7-16-9-5-14-11-16/h5,9,11H,1,3-4,6-8,10H2,2H3,(H,17,18). The molecule has 0 spiro atoms. The van der Waals surface area contributed by atoms with E-state index in [0.717, 1.165) is 31.6 Å². The number of nitrogens with zero attached hydrogens (tertiary/aromatic N) is 3. The Morgan fingerprint density at radius 1 is 1.50 bits per heavy atom. The first-order valence-electron chi connectivity index (χ1n) is 6.12. The molecule has 0 amide bonds. The van der Waals surface area contributed by atoms with Crippen LogP contribution >= 0.6 is 0 Å². The molecule has 0 aliphatic carbocycles.